The molecule has 2 aromatic rings. The second-order valence-electron chi connectivity index (χ2n) is 12.7. The number of benzene rings is 2. The molecule has 42 heavy (non-hydrogen) atoms. The van der Waals surface area contributed by atoms with Crippen molar-refractivity contribution in [2.24, 2.45) is 11.3 Å². The molecule has 6 rings (SSSR count). The summed E-state index contributed by atoms with van der Waals surface area (Å²) in [5.41, 5.74) is 3.31. The first-order valence-electron chi connectivity index (χ1n) is 14.7. The summed E-state index contributed by atoms with van der Waals surface area (Å²) in [5.74, 6) is 0.203. The molecule has 0 bridgehead atoms. The zero-order chi connectivity index (χ0) is 29.8. The lowest BCUT2D eigenvalue weighted by Crippen LogP contribution is -2.55. The number of hydrogen-bond acceptors (Lipinski definition) is 7. The molecule has 4 atom stereocenters. The minimum absolute atomic E-state index is 0.0186. The van der Waals surface area contributed by atoms with Crippen molar-refractivity contribution < 1.29 is 33.7 Å². The molecule has 1 saturated heterocycles. The van der Waals surface area contributed by atoms with Gasteiger partial charge in [0.2, 0.25) is 11.8 Å². The van der Waals surface area contributed by atoms with Crippen LogP contribution in [0.4, 0.5) is 5.69 Å². The van der Waals surface area contributed by atoms with Crippen molar-refractivity contribution in [3.05, 3.63) is 47.0 Å². The van der Waals surface area contributed by atoms with Crippen LogP contribution in [0.3, 0.4) is 0 Å². The van der Waals surface area contributed by atoms with Crippen molar-refractivity contribution in [3.63, 3.8) is 0 Å². The van der Waals surface area contributed by atoms with Crippen molar-refractivity contribution in [2.75, 3.05) is 37.8 Å². The number of aliphatic carboxylic acids is 1. The van der Waals surface area contributed by atoms with Crippen LogP contribution >= 0.6 is 11.8 Å². The third kappa shape index (κ3) is 5.18. The topological polar surface area (TPSA) is 106 Å². The second kappa shape index (κ2) is 11.0. The summed E-state index contributed by atoms with van der Waals surface area (Å²) >= 11 is 1.46. The van der Waals surface area contributed by atoms with Crippen LogP contribution in [-0.2, 0) is 14.4 Å². The Balaban J connectivity index is 1.46. The first-order chi connectivity index (χ1) is 20.0. The summed E-state index contributed by atoms with van der Waals surface area (Å²) in [6, 6.07) is 9.67. The van der Waals surface area contributed by atoms with E-state index >= 15 is 0 Å². The molecule has 4 heterocycles. The number of rotatable bonds is 4. The third-order valence-corrected chi connectivity index (χ3v) is 10.1. The SMILES string of the molecule is Cc1cc2c3c(c1)[C@@H](c1cccc4c1OCCO4)S[C@H](CC(=O)N1CCCC(C(=O)O)C1)C(=O)N3[C@H](C(C)(C)C)CO2. The number of ether oxygens (including phenoxy) is 3. The van der Waals surface area contributed by atoms with Gasteiger partial charge in [0.05, 0.1) is 28.1 Å². The maximum absolute atomic E-state index is 14.7. The molecule has 0 spiro atoms. The Morgan fingerprint density at radius 1 is 1.07 bits per heavy atom. The predicted octanol–water partition coefficient (Wildman–Crippen LogP) is 4.82. The molecule has 2 aromatic carbocycles. The summed E-state index contributed by atoms with van der Waals surface area (Å²) in [5, 5.41) is 8.55. The number of carbonyl (C=O) groups excluding carboxylic acids is 2. The summed E-state index contributed by atoms with van der Waals surface area (Å²) in [4.78, 5) is 43.6. The minimum atomic E-state index is -0.886. The van der Waals surface area contributed by atoms with E-state index in [1.165, 1.54) is 11.8 Å². The van der Waals surface area contributed by atoms with Gasteiger partial charge in [-0.2, -0.15) is 0 Å². The van der Waals surface area contributed by atoms with Crippen LogP contribution in [0.2, 0.25) is 0 Å². The Kier molecular flexibility index (Phi) is 7.53. The summed E-state index contributed by atoms with van der Waals surface area (Å²) in [6.07, 6.45) is 1.17. The van der Waals surface area contributed by atoms with Gasteiger partial charge < -0.3 is 29.1 Å². The molecule has 2 amide bonds. The van der Waals surface area contributed by atoms with Crippen LogP contribution in [-0.4, -0.2) is 72.0 Å². The highest BCUT2D eigenvalue weighted by molar-refractivity contribution is 8.01. The molecule has 1 fully saturated rings. The van der Waals surface area contributed by atoms with Crippen LogP contribution in [0.25, 0.3) is 0 Å². The third-order valence-electron chi connectivity index (χ3n) is 8.66. The zero-order valence-corrected chi connectivity index (χ0v) is 25.4. The molecular formula is C32H38N2O7S. The van der Waals surface area contributed by atoms with Crippen LogP contribution in [0.1, 0.15) is 62.0 Å². The molecule has 4 aliphatic rings. The normalized spacial score (nSPS) is 25.3. The number of carboxylic acids is 1. The number of carboxylic acid groups (broad SMARTS) is 1. The standard InChI is InChI=1S/C32H38N2O7S/c1-18-13-21-27-23(14-18)41-17-25(32(2,3)4)34(27)30(36)24(15-26(35)33-10-6-7-19(16-33)31(37)38)42-29(21)20-8-5-9-22-28(20)40-12-11-39-22/h5,8-9,13-14,19,24-25,29H,6-7,10-12,15-17H2,1-4H3,(H,37,38)/t19?,24-,25+,29-/m1/s1. The van der Waals surface area contributed by atoms with E-state index in [1.54, 1.807) is 4.90 Å². The number of hydrogen-bond donors (Lipinski definition) is 1. The molecule has 0 radical (unpaired) electrons. The Labute approximate surface area is 250 Å². The van der Waals surface area contributed by atoms with E-state index in [0.717, 1.165) is 22.4 Å². The smallest absolute Gasteiger partial charge is 0.308 e. The van der Waals surface area contributed by atoms with E-state index in [2.05, 4.69) is 26.8 Å². The Hall–Kier alpha value is -3.40. The van der Waals surface area contributed by atoms with Gasteiger partial charge in [0.25, 0.3) is 0 Å². The van der Waals surface area contributed by atoms with Crippen LogP contribution < -0.4 is 19.1 Å². The quantitative estimate of drug-likeness (QED) is 0.537. The molecule has 224 valence electrons. The summed E-state index contributed by atoms with van der Waals surface area (Å²) < 4.78 is 18.4. The average molecular weight is 595 g/mol. The van der Waals surface area contributed by atoms with Gasteiger partial charge in [-0.25, -0.2) is 0 Å². The van der Waals surface area contributed by atoms with Crippen LogP contribution in [0.5, 0.6) is 17.2 Å². The van der Waals surface area contributed by atoms with E-state index in [4.69, 9.17) is 14.2 Å². The maximum Gasteiger partial charge on any atom is 0.308 e. The lowest BCUT2D eigenvalue weighted by molar-refractivity contribution is -0.146. The predicted molar refractivity (Wildman–Crippen MR) is 160 cm³/mol. The molecule has 1 unspecified atom stereocenters. The van der Waals surface area contributed by atoms with Gasteiger partial charge in [0.1, 0.15) is 25.6 Å². The highest BCUT2D eigenvalue weighted by atomic mass is 32.2. The number of aryl methyl sites for hydroxylation is 1. The number of nitrogens with zero attached hydrogens (tertiary/aromatic N) is 2. The first-order valence-corrected chi connectivity index (χ1v) is 15.6. The monoisotopic (exact) mass is 594 g/mol. The van der Waals surface area contributed by atoms with Crippen molar-refractivity contribution in [1.29, 1.82) is 0 Å². The molecular weight excluding hydrogens is 556 g/mol. The first kappa shape index (κ1) is 28.7. The number of likely N-dealkylation sites (tertiary alicyclic amines) is 1. The van der Waals surface area contributed by atoms with Crippen molar-refractivity contribution in [1.82, 2.24) is 4.90 Å². The fourth-order valence-electron chi connectivity index (χ4n) is 6.46. The van der Waals surface area contributed by atoms with E-state index in [0.29, 0.717) is 56.5 Å². The molecule has 9 nitrogen and oxygen atoms in total. The van der Waals surface area contributed by atoms with Gasteiger partial charge in [-0.3, -0.25) is 14.4 Å². The van der Waals surface area contributed by atoms with Crippen LogP contribution in [0, 0.1) is 18.3 Å². The number of piperidine rings is 1. The summed E-state index contributed by atoms with van der Waals surface area (Å²) in [7, 11) is 0. The van der Waals surface area contributed by atoms with Gasteiger partial charge in [0.15, 0.2) is 11.5 Å². The molecule has 10 heteroatoms. The Morgan fingerprint density at radius 2 is 1.86 bits per heavy atom. The van der Waals surface area contributed by atoms with Crippen LogP contribution in [0.15, 0.2) is 30.3 Å². The molecule has 0 saturated carbocycles. The maximum atomic E-state index is 14.7. The molecule has 0 aliphatic carbocycles. The lowest BCUT2D eigenvalue weighted by atomic mass is 9.84. The van der Waals surface area contributed by atoms with E-state index in [-0.39, 0.29) is 41.5 Å². The van der Waals surface area contributed by atoms with Gasteiger partial charge >= 0.3 is 5.97 Å². The van der Waals surface area contributed by atoms with Gasteiger partial charge in [-0.15, -0.1) is 11.8 Å². The number of anilines is 1. The Morgan fingerprint density at radius 3 is 2.62 bits per heavy atom. The van der Waals surface area contributed by atoms with Crippen molar-refractivity contribution >= 4 is 35.2 Å². The zero-order valence-electron chi connectivity index (χ0n) is 24.6. The van der Waals surface area contributed by atoms with E-state index in [1.807, 2.05) is 36.1 Å². The van der Waals surface area contributed by atoms with Crippen molar-refractivity contribution in [3.8, 4) is 17.2 Å². The fraction of sp³-hybridized carbons (Fsp3) is 0.531. The lowest BCUT2D eigenvalue weighted by Gasteiger charge is -2.44. The molecule has 1 N–H and O–H groups in total. The number of fused-ring (bicyclic) bond motifs is 1. The van der Waals surface area contributed by atoms with Gasteiger partial charge in [0, 0.05) is 25.1 Å². The number of amides is 2. The highest BCUT2D eigenvalue weighted by Gasteiger charge is 2.48. The van der Waals surface area contributed by atoms with E-state index in [9.17, 15) is 19.5 Å². The molecule has 4 aliphatic heterocycles. The largest absolute Gasteiger partial charge is 0.489 e. The number of carbonyl (C=O) groups is 3. The number of para-hydroxylation sites is 1. The average Bonchev–Trinajstić information content (AvgIpc) is 3.07. The van der Waals surface area contributed by atoms with Crippen molar-refractivity contribution in [2.45, 2.75) is 63.5 Å². The Bertz CT molecular complexity index is 1420. The second-order valence-corrected chi connectivity index (χ2v) is 14.0. The van der Waals surface area contributed by atoms with Gasteiger partial charge in [-0.1, -0.05) is 39.0 Å². The minimum Gasteiger partial charge on any atom is -0.489 e. The molecule has 0 aromatic heterocycles. The number of thioether (sulfide) groups is 1. The van der Waals surface area contributed by atoms with Gasteiger partial charge in [-0.05, 0) is 48.4 Å². The summed E-state index contributed by atoms with van der Waals surface area (Å²) in [6.45, 7) is 10.2. The van der Waals surface area contributed by atoms with E-state index < -0.39 is 17.1 Å². The fourth-order valence-corrected chi connectivity index (χ4v) is 7.92. The highest BCUT2D eigenvalue weighted by Crippen LogP contribution is 2.55.